The van der Waals surface area contributed by atoms with Crippen LogP contribution in [0.4, 0.5) is 0 Å². The Labute approximate surface area is 127 Å². The molecule has 1 aromatic carbocycles. The fourth-order valence-corrected chi connectivity index (χ4v) is 2.37. The molecule has 2 aromatic rings. The molecule has 7 nitrogen and oxygen atoms in total. The number of fused-ring (bicyclic) bond motifs is 1. The van der Waals surface area contributed by atoms with Gasteiger partial charge in [0.05, 0.1) is 11.6 Å². The number of hydrogen-bond acceptors (Lipinski definition) is 5. The van der Waals surface area contributed by atoms with Gasteiger partial charge in [-0.2, -0.15) is 0 Å². The standard InChI is InChI=1S/C14H16N2O5S/c1-22(19,20)16-8-4-7-15-14(18)13-9-11(17)10-5-2-3-6-12(10)21-13/h2-3,5-6,9,16H,4,7-8H2,1H3,(H,15,18). The van der Waals surface area contributed by atoms with Crippen molar-refractivity contribution >= 4 is 26.9 Å². The van der Waals surface area contributed by atoms with Crippen LogP contribution < -0.4 is 15.5 Å². The van der Waals surface area contributed by atoms with Crippen molar-refractivity contribution < 1.29 is 17.6 Å². The molecule has 0 fully saturated rings. The van der Waals surface area contributed by atoms with Gasteiger partial charge in [0, 0.05) is 19.2 Å². The van der Waals surface area contributed by atoms with Gasteiger partial charge < -0.3 is 9.73 Å². The normalized spacial score (nSPS) is 11.5. The van der Waals surface area contributed by atoms with Crippen molar-refractivity contribution in [2.24, 2.45) is 0 Å². The predicted molar refractivity (Wildman–Crippen MR) is 82.3 cm³/mol. The van der Waals surface area contributed by atoms with Crippen molar-refractivity contribution in [1.82, 2.24) is 10.0 Å². The first-order chi connectivity index (χ1) is 10.4. The quantitative estimate of drug-likeness (QED) is 0.751. The van der Waals surface area contributed by atoms with E-state index in [9.17, 15) is 18.0 Å². The lowest BCUT2D eigenvalue weighted by atomic mass is 10.2. The molecule has 8 heteroatoms. The highest BCUT2D eigenvalue weighted by Gasteiger charge is 2.11. The van der Waals surface area contributed by atoms with Crippen molar-refractivity contribution in [2.75, 3.05) is 19.3 Å². The summed E-state index contributed by atoms with van der Waals surface area (Å²) in [6.45, 7) is 0.485. The van der Waals surface area contributed by atoms with Crippen LogP contribution in [0.2, 0.25) is 0 Å². The van der Waals surface area contributed by atoms with Crippen molar-refractivity contribution in [2.45, 2.75) is 6.42 Å². The summed E-state index contributed by atoms with van der Waals surface area (Å²) in [6, 6.07) is 7.81. The molecule has 22 heavy (non-hydrogen) atoms. The molecule has 118 valence electrons. The van der Waals surface area contributed by atoms with E-state index < -0.39 is 15.9 Å². The van der Waals surface area contributed by atoms with Crippen molar-refractivity contribution in [3.8, 4) is 0 Å². The van der Waals surface area contributed by atoms with E-state index in [2.05, 4.69) is 10.0 Å². The van der Waals surface area contributed by atoms with Crippen LogP contribution >= 0.6 is 0 Å². The Balaban J connectivity index is 1.97. The van der Waals surface area contributed by atoms with Crippen LogP contribution in [0.5, 0.6) is 0 Å². The molecule has 2 rings (SSSR count). The Kier molecular flexibility index (Phi) is 4.94. The zero-order valence-corrected chi connectivity index (χ0v) is 12.8. The molecular weight excluding hydrogens is 308 g/mol. The SMILES string of the molecule is CS(=O)(=O)NCCCNC(=O)c1cc(=O)c2ccccc2o1. The largest absolute Gasteiger partial charge is 0.451 e. The number of hydrogen-bond donors (Lipinski definition) is 2. The lowest BCUT2D eigenvalue weighted by Gasteiger charge is -2.05. The Morgan fingerprint density at radius 2 is 1.95 bits per heavy atom. The van der Waals surface area contributed by atoms with E-state index in [-0.39, 0.29) is 24.3 Å². The van der Waals surface area contributed by atoms with Crippen LogP contribution in [0, 0.1) is 0 Å². The smallest absolute Gasteiger partial charge is 0.287 e. The number of nitrogens with one attached hydrogen (secondary N) is 2. The molecule has 0 bridgehead atoms. The number of sulfonamides is 1. The summed E-state index contributed by atoms with van der Waals surface area (Å²) in [6.07, 6.45) is 1.49. The Morgan fingerprint density at radius 1 is 1.23 bits per heavy atom. The molecule has 0 saturated carbocycles. The molecular formula is C14H16N2O5S. The first-order valence-corrected chi connectivity index (χ1v) is 8.52. The molecule has 0 saturated heterocycles. The minimum atomic E-state index is -3.23. The van der Waals surface area contributed by atoms with Gasteiger partial charge in [0.2, 0.25) is 10.0 Å². The molecule has 0 radical (unpaired) electrons. The predicted octanol–water partition coefficient (Wildman–Crippen LogP) is 0.462. The molecule has 0 aliphatic heterocycles. The summed E-state index contributed by atoms with van der Waals surface area (Å²) < 4.78 is 29.4. The maximum atomic E-state index is 11.9. The Hall–Kier alpha value is -2.19. The molecule has 2 N–H and O–H groups in total. The lowest BCUT2D eigenvalue weighted by Crippen LogP contribution is -2.29. The maximum Gasteiger partial charge on any atom is 0.287 e. The van der Waals surface area contributed by atoms with Crippen LogP contribution in [-0.2, 0) is 10.0 Å². The van der Waals surface area contributed by atoms with Gasteiger partial charge in [-0.15, -0.1) is 0 Å². The van der Waals surface area contributed by atoms with Gasteiger partial charge in [-0.25, -0.2) is 13.1 Å². The van der Waals surface area contributed by atoms with Gasteiger partial charge in [0.1, 0.15) is 5.58 Å². The second kappa shape index (κ2) is 6.71. The first-order valence-electron chi connectivity index (χ1n) is 6.62. The van der Waals surface area contributed by atoms with Gasteiger partial charge in [-0.3, -0.25) is 9.59 Å². The van der Waals surface area contributed by atoms with Crippen LogP contribution in [0.25, 0.3) is 11.0 Å². The first kappa shape index (κ1) is 16.2. The average molecular weight is 324 g/mol. The number of benzene rings is 1. The number of carbonyl (C=O) groups excluding carboxylic acids is 1. The van der Waals surface area contributed by atoms with Crippen molar-refractivity contribution in [1.29, 1.82) is 0 Å². The summed E-state index contributed by atoms with van der Waals surface area (Å²) in [5.41, 5.74) is 0.0598. The van der Waals surface area contributed by atoms with Crippen LogP contribution in [0.3, 0.4) is 0 Å². The molecule has 0 unspecified atom stereocenters. The number of para-hydroxylation sites is 1. The Bertz CT molecular complexity index is 842. The van der Waals surface area contributed by atoms with E-state index in [1.54, 1.807) is 24.3 Å². The third-order valence-corrected chi connectivity index (χ3v) is 3.59. The summed E-state index contributed by atoms with van der Waals surface area (Å²) in [5.74, 6) is -0.581. The van der Waals surface area contributed by atoms with Gasteiger partial charge in [-0.1, -0.05) is 12.1 Å². The van der Waals surface area contributed by atoms with Gasteiger partial charge >= 0.3 is 0 Å². The highest BCUT2D eigenvalue weighted by atomic mass is 32.2. The van der Waals surface area contributed by atoms with Gasteiger partial charge in [-0.05, 0) is 18.6 Å². The lowest BCUT2D eigenvalue weighted by molar-refractivity contribution is 0.0926. The third-order valence-electron chi connectivity index (χ3n) is 2.86. The Morgan fingerprint density at radius 3 is 2.68 bits per heavy atom. The van der Waals surface area contributed by atoms with Crippen LogP contribution in [-0.4, -0.2) is 33.7 Å². The maximum absolute atomic E-state index is 11.9. The van der Waals surface area contributed by atoms with E-state index in [1.165, 1.54) is 0 Å². The van der Waals surface area contributed by atoms with E-state index >= 15 is 0 Å². The van der Waals surface area contributed by atoms with E-state index in [0.717, 1.165) is 12.3 Å². The van der Waals surface area contributed by atoms with Crippen LogP contribution in [0.1, 0.15) is 17.0 Å². The molecule has 1 aromatic heterocycles. The third kappa shape index (κ3) is 4.40. The van der Waals surface area contributed by atoms with Gasteiger partial charge in [0.15, 0.2) is 11.2 Å². The monoisotopic (exact) mass is 324 g/mol. The summed E-state index contributed by atoms with van der Waals surface area (Å²) in [4.78, 5) is 23.8. The highest BCUT2D eigenvalue weighted by molar-refractivity contribution is 7.88. The molecule has 0 aliphatic carbocycles. The molecule has 0 atom stereocenters. The fourth-order valence-electron chi connectivity index (χ4n) is 1.85. The zero-order chi connectivity index (χ0) is 16.2. The van der Waals surface area contributed by atoms with E-state index in [4.69, 9.17) is 4.42 Å². The molecule has 1 heterocycles. The average Bonchev–Trinajstić information content (AvgIpc) is 2.45. The second-order valence-electron chi connectivity index (χ2n) is 4.75. The van der Waals surface area contributed by atoms with Crippen molar-refractivity contribution in [3.63, 3.8) is 0 Å². The molecule has 0 aliphatic rings. The summed E-state index contributed by atoms with van der Waals surface area (Å²) >= 11 is 0. The molecule has 0 spiro atoms. The number of amides is 1. The summed E-state index contributed by atoms with van der Waals surface area (Å²) in [7, 11) is -3.23. The molecule has 1 amide bonds. The minimum absolute atomic E-state index is 0.0697. The highest BCUT2D eigenvalue weighted by Crippen LogP contribution is 2.11. The number of rotatable bonds is 6. The van der Waals surface area contributed by atoms with Crippen molar-refractivity contribution in [3.05, 3.63) is 46.3 Å². The second-order valence-corrected chi connectivity index (χ2v) is 6.58. The van der Waals surface area contributed by atoms with E-state index in [0.29, 0.717) is 17.4 Å². The van der Waals surface area contributed by atoms with Crippen LogP contribution in [0.15, 0.2) is 39.5 Å². The summed E-state index contributed by atoms with van der Waals surface area (Å²) in [5, 5.41) is 2.98. The fraction of sp³-hybridized carbons (Fsp3) is 0.286. The topological polar surface area (TPSA) is 105 Å². The van der Waals surface area contributed by atoms with E-state index in [1.807, 2.05) is 0 Å². The minimum Gasteiger partial charge on any atom is -0.451 e. The van der Waals surface area contributed by atoms with Gasteiger partial charge in [0.25, 0.3) is 5.91 Å². The zero-order valence-electron chi connectivity index (χ0n) is 12.0. The number of carbonyl (C=O) groups is 1.